The van der Waals surface area contributed by atoms with Crippen molar-refractivity contribution in [1.82, 2.24) is 0 Å². The first-order valence-electron chi connectivity index (χ1n) is 3.03. The van der Waals surface area contributed by atoms with E-state index in [1.807, 2.05) is 17.5 Å². The summed E-state index contributed by atoms with van der Waals surface area (Å²) in [4.78, 5) is 0.832. The van der Waals surface area contributed by atoms with Crippen LogP contribution in [0.3, 0.4) is 0 Å². The van der Waals surface area contributed by atoms with Crippen LogP contribution in [0.25, 0.3) is 0 Å². The van der Waals surface area contributed by atoms with E-state index in [1.54, 1.807) is 0 Å². The molecule has 58 valence electrons. The van der Waals surface area contributed by atoms with Gasteiger partial charge in [-0.05, 0) is 22.0 Å². The molecule has 1 atom stereocenters. The van der Waals surface area contributed by atoms with E-state index in [0.717, 1.165) is 9.35 Å². The van der Waals surface area contributed by atoms with Crippen molar-refractivity contribution in [2.24, 2.45) is 0 Å². The number of thiophene rings is 1. The lowest BCUT2D eigenvalue weighted by Gasteiger charge is -1.99. The average molecular weight is 232 g/mol. The lowest BCUT2D eigenvalue weighted by molar-refractivity contribution is 0.187. The lowest BCUT2D eigenvalue weighted by atomic mass is 10.2. The maximum Gasteiger partial charge on any atom is 0.101 e. The molecular weight excluding hydrogens is 226 g/mol. The number of hydrogen-bond acceptors (Lipinski definition) is 3. The summed E-state index contributed by atoms with van der Waals surface area (Å²) in [6.45, 7) is 0. The molecule has 0 aliphatic rings. The van der Waals surface area contributed by atoms with E-state index in [-0.39, 0.29) is 6.42 Å². The normalized spacial score (nSPS) is 12.5. The van der Waals surface area contributed by atoms with Crippen LogP contribution in [-0.4, -0.2) is 5.11 Å². The fourth-order valence-corrected chi connectivity index (χ4v) is 2.12. The number of aliphatic hydroxyl groups excluding tert-OH is 1. The van der Waals surface area contributed by atoms with Gasteiger partial charge in [-0.2, -0.15) is 5.26 Å². The van der Waals surface area contributed by atoms with Crippen molar-refractivity contribution in [2.75, 3.05) is 0 Å². The summed E-state index contributed by atoms with van der Waals surface area (Å²) in [6.07, 6.45) is -0.469. The molecule has 0 aliphatic heterocycles. The van der Waals surface area contributed by atoms with Crippen molar-refractivity contribution in [3.63, 3.8) is 0 Å². The van der Waals surface area contributed by atoms with Crippen molar-refractivity contribution in [3.05, 3.63) is 20.8 Å². The van der Waals surface area contributed by atoms with Gasteiger partial charge in [0.05, 0.1) is 12.5 Å². The number of halogens is 1. The second-order valence-corrected chi connectivity index (χ2v) is 3.90. The minimum atomic E-state index is -0.628. The standard InChI is InChI=1S/C7H6BrNOS/c8-5-3-7(11-4-5)6(10)1-2-9/h3-4,6,10H,1H2/t6-/m1/s1. The molecule has 1 rings (SSSR count). The number of aliphatic hydroxyl groups is 1. The number of rotatable bonds is 2. The van der Waals surface area contributed by atoms with Crippen LogP contribution < -0.4 is 0 Å². The third kappa shape index (κ3) is 2.29. The molecule has 1 aromatic rings. The average Bonchev–Trinajstić information content (AvgIpc) is 2.36. The summed E-state index contributed by atoms with van der Waals surface area (Å²) in [5.74, 6) is 0. The molecule has 1 N–H and O–H groups in total. The van der Waals surface area contributed by atoms with Gasteiger partial charge in [-0.15, -0.1) is 11.3 Å². The zero-order valence-electron chi connectivity index (χ0n) is 5.62. The van der Waals surface area contributed by atoms with Gasteiger partial charge in [0.25, 0.3) is 0 Å². The minimum Gasteiger partial charge on any atom is -0.386 e. The number of nitrogens with zero attached hydrogens (tertiary/aromatic N) is 1. The Bertz CT molecular complexity index is 278. The molecule has 0 unspecified atom stereocenters. The van der Waals surface area contributed by atoms with Crippen LogP contribution in [0.2, 0.25) is 0 Å². The van der Waals surface area contributed by atoms with Gasteiger partial charge >= 0.3 is 0 Å². The Balaban J connectivity index is 2.70. The van der Waals surface area contributed by atoms with Crippen LogP contribution in [0.1, 0.15) is 17.4 Å². The Labute approximate surface area is 77.2 Å². The molecule has 1 heterocycles. The molecule has 0 fully saturated rings. The van der Waals surface area contributed by atoms with E-state index >= 15 is 0 Å². The summed E-state index contributed by atoms with van der Waals surface area (Å²) in [5, 5.41) is 19.5. The smallest absolute Gasteiger partial charge is 0.101 e. The number of nitriles is 1. The highest BCUT2D eigenvalue weighted by atomic mass is 79.9. The second kappa shape index (κ2) is 3.86. The van der Waals surface area contributed by atoms with Crippen LogP contribution in [0.5, 0.6) is 0 Å². The van der Waals surface area contributed by atoms with Crippen LogP contribution in [0, 0.1) is 11.3 Å². The Morgan fingerprint density at radius 3 is 3.00 bits per heavy atom. The zero-order valence-corrected chi connectivity index (χ0v) is 8.02. The van der Waals surface area contributed by atoms with E-state index in [9.17, 15) is 5.11 Å². The lowest BCUT2D eigenvalue weighted by Crippen LogP contribution is -1.90. The van der Waals surface area contributed by atoms with Crippen molar-refractivity contribution in [3.8, 4) is 6.07 Å². The fraction of sp³-hybridized carbons (Fsp3) is 0.286. The van der Waals surface area contributed by atoms with Crippen molar-refractivity contribution in [2.45, 2.75) is 12.5 Å². The van der Waals surface area contributed by atoms with Crippen LogP contribution in [-0.2, 0) is 0 Å². The van der Waals surface area contributed by atoms with E-state index < -0.39 is 6.10 Å². The van der Waals surface area contributed by atoms with Gasteiger partial charge in [0.15, 0.2) is 0 Å². The molecule has 0 amide bonds. The highest BCUT2D eigenvalue weighted by molar-refractivity contribution is 9.10. The molecule has 1 aromatic heterocycles. The van der Waals surface area contributed by atoms with Crippen LogP contribution in [0.4, 0.5) is 0 Å². The molecule has 4 heteroatoms. The molecule has 0 spiro atoms. The number of hydrogen-bond donors (Lipinski definition) is 1. The quantitative estimate of drug-likeness (QED) is 0.851. The minimum absolute atomic E-state index is 0.160. The van der Waals surface area contributed by atoms with E-state index in [2.05, 4.69) is 15.9 Å². The maximum atomic E-state index is 9.30. The monoisotopic (exact) mass is 231 g/mol. The topological polar surface area (TPSA) is 44.0 Å². The predicted molar refractivity (Wildman–Crippen MR) is 47.2 cm³/mol. The van der Waals surface area contributed by atoms with Gasteiger partial charge in [-0.1, -0.05) is 0 Å². The van der Waals surface area contributed by atoms with Crippen LogP contribution in [0.15, 0.2) is 15.9 Å². The van der Waals surface area contributed by atoms with Crippen molar-refractivity contribution in [1.29, 1.82) is 5.26 Å². The molecule has 0 saturated carbocycles. The molecule has 0 aliphatic carbocycles. The second-order valence-electron chi connectivity index (χ2n) is 2.05. The molecule has 0 radical (unpaired) electrons. The molecule has 0 aromatic carbocycles. The highest BCUT2D eigenvalue weighted by Crippen LogP contribution is 2.26. The first kappa shape index (κ1) is 8.72. The van der Waals surface area contributed by atoms with Gasteiger partial charge in [0, 0.05) is 14.7 Å². The van der Waals surface area contributed by atoms with Crippen LogP contribution >= 0.6 is 27.3 Å². The van der Waals surface area contributed by atoms with Crippen molar-refractivity contribution >= 4 is 27.3 Å². The Kier molecular flexibility index (Phi) is 3.06. The van der Waals surface area contributed by atoms with E-state index in [0.29, 0.717) is 0 Å². The van der Waals surface area contributed by atoms with Crippen molar-refractivity contribution < 1.29 is 5.11 Å². The van der Waals surface area contributed by atoms with E-state index in [1.165, 1.54) is 11.3 Å². The fourth-order valence-electron chi connectivity index (χ4n) is 0.690. The van der Waals surface area contributed by atoms with Gasteiger partial charge < -0.3 is 5.11 Å². The molecule has 0 saturated heterocycles. The molecule has 11 heavy (non-hydrogen) atoms. The van der Waals surface area contributed by atoms with Gasteiger partial charge in [0.2, 0.25) is 0 Å². The zero-order chi connectivity index (χ0) is 8.27. The van der Waals surface area contributed by atoms with Gasteiger partial charge in [-0.3, -0.25) is 0 Å². The third-order valence-electron chi connectivity index (χ3n) is 1.20. The Morgan fingerprint density at radius 2 is 2.55 bits per heavy atom. The Morgan fingerprint density at radius 1 is 1.82 bits per heavy atom. The summed E-state index contributed by atoms with van der Waals surface area (Å²) in [5.41, 5.74) is 0. The summed E-state index contributed by atoms with van der Waals surface area (Å²) in [6, 6.07) is 3.74. The molecule has 2 nitrogen and oxygen atoms in total. The SMILES string of the molecule is N#CC[C@@H](O)c1cc(Br)cs1. The maximum absolute atomic E-state index is 9.30. The summed E-state index contributed by atoms with van der Waals surface area (Å²) >= 11 is 4.72. The third-order valence-corrected chi connectivity index (χ3v) is 3.00. The first-order valence-corrected chi connectivity index (χ1v) is 4.70. The first-order chi connectivity index (χ1) is 5.24. The summed E-state index contributed by atoms with van der Waals surface area (Å²) < 4.78 is 0.953. The largest absolute Gasteiger partial charge is 0.386 e. The van der Waals surface area contributed by atoms with Gasteiger partial charge in [0.1, 0.15) is 6.10 Å². The van der Waals surface area contributed by atoms with Gasteiger partial charge in [-0.25, -0.2) is 0 Å². The summed E-state index contributed by atoms with van der Waals surface area (Å²) in [7, 11) is 0. The Hall–Kier alpha value is -0.370. The highest BCUT2D eigenvalue weighted by Gasteiger charge is 2.08. The van der Waals surface area contributed by atoms with E-state index in [4.69, 9.17) is 5.26 Å². The molecule has 0 bridgehead atoms. The molecular formula is C7H6BrNOS. The predicted octanol–water partition coefficient (Wildman–Crippen LogP) is 2.46.